The number of carbonyl (C=O) groups is 4. The number of rotatable bonds is 42. The van der Waals surface area contributed by atoms with Crippen LogP contribution >= 0.6 is 0 Å². The average Bonchev–Trinajstić information content (AvgIpc) is 3.27. The quantitative estimate of drug-likeness (QED) is 0.0357. The van der Waals surface area contributed by atoms with Crippen molar-refractivity contribution in [2.75, 3.05) is 13.2 Å². The van der Waals surface area contributed by atoms with Gasteiger partial charge in [-0.15, -0.1) is 0 Å². The molecule has 0 amide bonds. The maximum Gasteiger partial charge on any atom is 2.00 e. The molecule has 0 aliphatic carbocycles. The Kier molecular flexibility index (Phi) is 45.3. The normalized spacial score (nSPS) is 11.7. The van der Waals surface area contributed by atoms with E-state index in [0.717, 1.165) is 77.0 Å². The van der Waals surface area contributed by atoms with Gasteiger partial charge < -0.3 is 38.7 Å². The summed E-state index contributed by atoms with van der Waals surface area (Å²) in [7, 11) is 0. The standard InChI is InChI=1S/2C27H44O5.Ba/c2*1-24(28)31-22-16-8-6-4-2-3-5-7-13-19-26(20-14-10-15-21-27(29)30)32-23-25-17-11-9-12-18-25;/h2*9,11-12,17-18,26H,2-8,10,13-16,19-23H2,1H3,(H,29,30);/q;;+2/p-2. The van der Waals surface area contributed by atoms with Gasteiger partial charge in [-0.2, -0.15) is 0 Å². The van der Waals surface area contributed by atoms with Crippen LogP contribution in [-0.4, -0.2) is 98.2 Å². The second kappa shape index (κ2) is 46.9. The zero-order valence-electron chi connectivity index (χ0n) is 40.8. The van der Waals surface area contributed by atoms with Crippen LogP contribution in [0.5, 0.6) is 0 Å². The van der Waals surface area contributed by atoms with Crippen molar-refractivity contribution >= 4 is 72.8 Å². The molecule has 10 nitrogen and oxygen atoms in total. The number of aliphatic carboxylic acids is 2. The first-order chi connectivity index (χ1) is 31.2. The predicted octanol–water partition coefficient (Wildman–Crippen LogP) is 11.1. The minimum Gasteiger partial charge on any atom is -0.550 e. The average molecular weight is 1030 g/mol. The molecule has 2 atom stereocenters. The minimum absolute atomic E-state index is 0. The van der Waals surface area contributed by atoms with Gasteiger partial charge in [0.1, 0.15) is 0 Å². The summed E-state index contributed by atoms with van der Waals surface area (Å²) in [5.41, 5.74) is 2.39. The Morgan fingerprint density at radius 2 is 0.662 bits per heavy atom. The summed E-state index contributed by atoms with van der Waals surface area (Å²) in [6.45, 7) is 5.30. The molecule has 0 radical (unpaired) electrons. The summed E-state index contributed by atoms with van der Waals surface area (Å²) in [5, 5.41) is 21.1. The predicted molar refractivity (Wildman–Crippen MR) is 258 cm³/mol. The van der Waals surface area contributed by atoms with E-state index in [-0.39, 0.29) is 85.9 Å². The summed E-state index contributed by atoms with van der Waals surface area (Å²) in [5.74, 6) is -2.28. The zero-order chi connectivity index (χ0) is 46.6. The van der Waals surface area contributed by atoms with Gasteiger partial charge in [-0.25, -0.2) is 0 Å². The van der Waals surface area contributed by atoms with E-state index < -0.39 is 11.9 Å². The molecule has 0 saturated carbocycles. The monoisotopic (exact) mass is 1030 g/mol. The molecule has 2 aromatic carbocycles. The first-order valence-electron chi connectivity index (χ1n) is 25.1. The summed E-state index contributed by atoms with van der Waals surface area (Å²) in [4.78, 5) is 42.5. The van der Waals surface area contributed by atoms with Crippen LogP contribution in [0, 0.1) is 0 Å². The molecular weight excluding hydrogens is 946 g/mol. The molecule has 0 heterocycles. The van der Waals surface area contributed by atoms with Gasteiger partial charge in [-0.05, 0) is 75.3 Å². The third kappa shape index (κ3) is 45.4. The van der Waals surface area contributed by atoms with Gasteiger partial charge in [0.05, 0.1) is 38.6 Å². The molecule has 0 saturated heterocycles. The number of benzene rings is 2. The summed E-state index contributed by atoms with van der Waals surface area (Å²) in [6.07, 6.45) is 31.8. The number of ether oxygens (including phenoxy) is 4. The third-order valence-electron chi connectivity index (χ3n) is 11.4. The van der Waals surface area contributed by atoms with E-state index in [1.165, 1.54) is 115 Å². The van der Waals surface area contributed by atoms with Crippen molar-refractivity contribution in [3.05, 3.63) is 71.8 Å². The van der Waals surface area contributed by atoms with Crippen LogP contribution in [-0.2, 0) is 51.3 Å². The molecule has 11 heteroatoms. The Morgan fingerprint density at radius 3 is 0.938 bits per heavy atom. The summed E-state index contributed by atoms with van der Waals surface area (Å²) < 4.78 is 22.3. The van der Waals surface area contributed by atoms with Gasteiger partial charge in [-0.1, -0.05) is 189 Å². The molecule has 65 heavy (non-hydrogen) atoms. The maximum atomic E-state index is 10.7. The van der Waals surface area contributed by atoms with Gasteiger partial charge in [0.25, 0.3) is 0 Å². The minimum atomic E-state index is -0.955. The Bertz CT molecular complexity index is 1290. The van der Waals surface area contributed by atoms with Crippen LogP contribution in [0.25, 0.3) is 0 Å². The number of carboxylic acids is 2. The van der Waals surface area contributed by atoms with Crippen LogP contribution in [0.2, 0.25) is 0 Å². The molecule has 2 unspecified atom stereocenters. The first-order valence-corrected chi connectivity index (χ1v) is 25.1. The molecular formula is C54H86BaO10. The van der Waals surface area contributed by atoms with Crippen molar-refractivity contribution in [2.24, 2.45) is 0 Å². The fourth-order valence-electron chi connectivity index (χ4n) is 7.69. The molecule has 2 rings (SSSR count). The van der Waals surface area contributed by atoms with Crippen molar-refractivity contribution in [3.63, 3.8) is 0 Å². The van der Waals surface area contributed by atoms with Crippen LogP contribution in [0.4, 0.5) is 0 Å². The zero-order valence-corrected chi connectivity index (χ0v) is 45.2. The van der Waals surface area contributed by atoms with E-state index in [4.69, 9.17) is 18.9 Å². The molecule has 364 valence electrons. The van der Waals surface area contributed by atoms with Crippen molar-refractivity contribution in [3.8, 4) is 0 Å². The Hall–Kier alpha value is -2.19. The maximum absolute atomic E-state index is 10.7. The number of hydrogen-bond donors (Lipinski definition) is 0. The molecule has 0 aliphatic rings. The Labute approximate surface area is 434 Å². The fraction of sp³-hybridized carbons (Fsp3) is 0.704. The van der Waals surface area contributed by atoms with E-state index in [1.54, 1.807) is 0 Å². The van der Waals surface area contributed by atoms with Crippen LogP contribution in [0.15, 0.2) is 60.7 Å². The summed E-state index contributed by atoms with van der Waals surface area (Å²) >= 11 is 0. The van der Waals surface area contributed by atoms with Crippen molar-refractivity contribution < 1.29 is 48.3 Å². The van der Waals surface area contributed by atoms with E-state index in [0.29, 0.717) is 39.3 Å². The van der Waals surface area contributed by atoms with Crippen LogP contribution < -0.4 is 10.2 Å². The number of esters is 2. The van der Waals surface area contributed by atoms with Gasteiger partial charge >= 0.3 is 60.8 Å². The van der Waals surface area contributed by atoms with E-state index in [9.17, 15) is 29.4 Å². The Morgan fingerprint density at radius 1 is 0.400 bits per heavy atom. The molecule has 0 fully saturated rings. The smallest absolute Gasteiger partial charge is 0.550 e. The van der Waals surface area contributed by atoms with Crippen LogP contribution in [0.3, 0.4) is 0 Å². The summed E-state index contributed by atoms with van der Waals surface area (Å²) in [6, 6.07) is 20.5. The second-order valence-electron chi connectivity index (χ2n) is 17.4. The molecule has 0 spiro atoms. The van der Waals surface area contributed by atoms with Gasteiger partial charge in [0.2, 0.25) is 0 Å². The number of carboxylic acid groups (broad SMARTS) is 2. The van der Waals surface area contributed by atoms with Crippen molar-refractivity contribution in [2.45, 2.75) is 232 Å². The van der Waals surface area contributed by atoms with Crippen LogP contribution in [0.1, 0.15) is 218 Å². The molecule has 0 N–H and O–H groups in total. The van der Waals surface area contributed by atoms with E-state index in [2.05, 4.69) is 24.3 Å². The van der Waals surface area contributed by atoms with E-state index in [1.807, 2.05) is 36.4 Å². The van der Waals surface area contributed by atoms with Gasteiger partial charge in [0, 0.05) is 25.8 Å². The molecule has 0 aromatic heterocycles. The SMILES string of the molecule is CC(=O)OCCCCCCCCCCCC(CCCCCC(=O)[O-])OCc1ccccc1.CC(=O)OCCCCCCCCCCCC(CCCCCC(=O)[O-])OCc1ccccc1.[Ba+2]. The number of carbonyl (C=O) groups excluding carboxylic acids is 4. The molecule has 0 aliphatic heterocycles. The number of hydrogen-bond acceptors (Lipinski definition) is 10. The molecule has 2 aromatic rings. The number of unbranched alkanes of at least 4 members (excludes halogenated alkanes) is 20. The fourth-order valence-corrected chi connectivity index (χ4v) is 7.69. The van der Waals surface area contributed by atoms with E-state index >= 15 is 0 Å². The van der Waals surface area contributed by atoms with Crippen molar-refractivity contribution in [1.82, 2.24) is 0 Å². The third-order valence-corrected chi connectivity index (χ3v) is 11.4. The molecule has 0 bridgehead atoms. The first kappa shape index (κ1) is 62.8. The van der Waals surface area contributed by atoms with Gasteiger partial charge in [-0.3, -0.25) is 9.59 Å². The second-order valence-corrected chi connectivity index (χ2v) is 17.4. The topological polar surface area (TPSA) is 151 Å². The van der Waals surface area contributed by atoms with Crippen molar-refractivity contribution in [1.29, 1.82) is 0 Å². The largest absolute Gasteiger partial charge is 2.00 e. The van der Waals surface area contributed by atoms with Gasteiger partial charge in [0.15, 0.2) is 0 Å². The Balaban J connectivity index is 0.00000124.